The van der Waals surface area contributed by atoms with E-state index in [1.807, 2.05) is 0 Å². The van der Waals surface area contributed by atoms with Gasteiger partial charge in [-0.1, -0.05) is 18.2 Å². The van der Waals surface area contributed by atoms with Crippen LogP contribution in [-0.4, -0.2) is 30.9 Å². The van der Waals surface area contributed by atoms with Gasteiger partial charge in [-0.2, -0.15) is 0 Å². The van der Waals surface area contributed by atoms with Crippen LogP contribution in [0.4, 0.5) is 4.39 Å². The molecule has 1 aromatic rings. The fourth-order valence-electron chi connectivity index (χ4n) is 1.63. The van der Waals surface area contributed by atoms with Gasteiger partial charge < -0.3 is 14.6 Å². The van der Waals surface area contributed by atoms with E-state index in [2.05, 4.69) is 0 Å². The van der Waals surface area contributed by atoms with Gasteiger partial charge in [0, 0.05) is 5.56 Å². The Hall–Kier alpha value is -1.46. The van der Waals surface area contributed by atoms with Crippen LogP contribution in [0.25, 0.3) is 0 Å². The molecule has 4 nitrogen and oxygen atoms in total. The second-order valence-electron chi connectivity index (χ2n) is 3.65. The summed E-state index contributed by atoms with van der Waals surface area (Å²) in [5.74, 6) is -1.49. The van der Waals surface area contributed by atoms with E-state index in [-0.39, 0.29) is 13.2 Å². The fourth-order valence-corrected chi connectivity index (χ4v) is 1.63. The number of carboxylic acid groups (broad SMARTS) is 1. The van der Waals surface area contributed by atoms with E-state index in [1.165, 1.54) is 6.07 Å². The Morgan fingerprint density at radius 1 is 1.50 bits per heavy atom. The molecule has 0 saturated carbocycles. The van der Waals surface area contributed by atoms with Gasteiger partial charge in [0.2, 0.25) is 0 Å². The molecule has 0 bridgehead atoms. The summed E-state index contributed by atoms with van der Waals surface area (Å²) in [5, 5.41) is 8.55. The summed E-state index contributed by atoms with van der Waals surface area (Å²) < 4.78 is 23.8. The Kier molecular flexibility index (Phi) is 2.89. The average molecular weight is 226 g/mol. The Morgan fingerprint density at radius 3 is 2.69 bits per heavy atom. The summed E-state index contributed by atoms with van der Waals surface area (Å²) in [6.45, 7) is -0.0971. The van der Waals surface area contributed by atoms with Crippen LogP contribution < -0.4 is 0 Å². The molecule has 86 valence electrons. The number of carboxylic acids is 1. The monoisotopic (exact) mass is 226 g/mol. The van der Waals surface area contributed by atoms with E-state index in [4.69, 9.17) is 14.6 Å². The van der Waals surface area contributed by atoms with Crippen molar-refractivity contribution >= 4 is 5.97 Å². The molecule has 0 atom stereocenters. The summed E-state index contributed by atoms with van der Waals surface area (Å²) in [4.78, 5) is 10.4. The van der Waals surface area contributed by atoms with Crippen molar-refractivity contribution in [2.24, 2.45) is 0 Å². The average Bonchev–Trinajstić information content (AvgIpc) is 2.18. The van der Waals surface area contributed by atoms with Crippen molar-refractivity contribution in [3.8, 4) is 0 Å². The molecule has 1 saturated heterocycles. The van der Waals surface area contributed by atoms with Crippen LogP contribution in [0.5, 0.6) is 0 Å². The molecule has 1 N–H and O–H groups in total. The molecule has 1 heterocycles. The molecule has 0 aromatic heterocycles. The lowest BCUT2D eigenvalue weighted by atomic mass is 9.91. The first kappa shape index (κ1) is 11.0. The number of carbonyl (C=O) groups is 1. The molecule has 0 spiro atoms. The zero-order valence-electron chi connectivity index (χ0n) is 8.48. The van der Waals surface area contributed by atoms with Crippen LogP contribution in [-0.2, 0) is 19.9 Å². The molecule has 2 rings (SSSR count). The SMILES string of the molecule is O=C(O)COC1(c2ccccc2F)COC1. The lowest BCUT2D eigenvalue weighted by molar-refractivity contribution is -0.221. The van der Waals surface area contributed by atoms with Gasteiger partial charge in [0.05, 0.1) is 13.2 Å². The molecule has 5 heteroatoms. The van der Waals surface area contributed by atoms with Crippen molar-refractivity contribution in [3.05, 3.63) is 35.6 Å². The Morgan fingerprint density at radius 2 is 2.19 bits per heavy atom. The molecule has 16 heavy (non-hydrogen) atoms. The van der Waals surface area contributed by atoms with Gasteiger partial charge in [-0.15, -0.1) is 0 Å². The number of aliphatic carboxylic acids is 1. The Bertz CT molecular complexity index is 401. The number of rotatable bonds is 4. The summed E-state index contributed by atoms with van der Waals surface area (Å²) in [6.07, 6.45) is 0. The van der Waals surface area contributed by atoms with Gasteiger partial charge in [0.15, 0.2) is 0 Å². The van der Waals surface area contributed by atoms with E-state index in [9.17, 15) is 9.18 Å². The third-order valence-corrected chi connectivity index (χ3v) is 2.51. The first-order valence-corrected chi connectivity index (χ1v) is 4.82. The molecule has 1 aliphatic rings. The lowest BCUT2D eigenvalue weighted by Gasteiger charge is -2.41. The van der Waals surface area contributed by atoms with Gasteiger partial charge in [-0.25, -0.2) is 9.18 Å². The normalized spacial score (nSPS) is 17.8. The minimum absolute atomic E-state index is 0.182. The van der Waals surface area contributed by atoms with Crippen LogP contribution >= 0.6 is 0 Å². The van der Waals surface area contributed by atoms with Crippen molar-refractivity contribution in [3.63, 3.8) is 0 Å². The minimum atomic E-state index is -1.08. The Balaban J connectivity index is 2.21. The summed E-state index contributed by atoms with van der Waals surface area (Å²) in [7, 11) is 0. The quantitative estimate of drug-likeness (QED) is 0.836. The van der Waals surface area contributed by atoms with E-state index < -0.39 is 24.0 Å². The molecule has 1 fully saturated rings. The second kappa shape index (κ2) is 4.19. The number of hydrogen-bond donors (Lipinski definition) is 1. The molecular formula is C11H11FO4. The van der Waals surface area contributed by atoms with Crippen LogP contribution in [0.1, 0.15) is 5.56 Å². The molecule has 0 unspecified atom stereocenters. The summed E-state index contributed by atoms with van der Waals surface area (Å²) in [6, 6.07) is 6.16. The first-order chi connectivity index (χ1) is 7.64. The van der Waals surface area contributed by atoms with Crippen molar-refractivity contribution in [1.82, 2.24) is 0 Å². The highest BCUT2D eigenvalue weighted by Gasteiger charge is 2.43. The Labute approximate surface area is 91.6 Å². The zero-order chi connectivity index (χ0) is 11.6. The molecule has 0 amide bonds. The van der Waals surface area contributed by atoms with Crippen molar-refractivity contribution in [2.75, 3.05) is 19.8 Å². The number of halogens is 1. The fraction of sp³-hybridized carbons (Fsp3) is 0.364. The molecule has 0 radical (unpaired) electrons. The van der Waals surface area contributed by atoms with Crippen molar-refractivity contribution < 1.29 is 23.8 Å². The maximum atomic E-state index is 13.5. The minimum Gasteiger partial charge on any atom is -0.480 e. The highest BCUT2D eigenvalue weighted by atomic mass is 19.1. The van der Waals surface area contributed by atoms with Gasteiger partial charge in [0.1, 0.15) is 18.0 Å². The summed E-state index contributed by atoms with van der Waals surface area (Å²) >= 11 is 0. The third kappa shape index (κ3) is 1.91. The third-order valence-electron chi connectivity index (χ3n) is 2.51. The van der Waals surface area contributed by atoms with Crippen molar-refractivity contribution in [2.45, 2.75) is 5.60 Å². The molecule has 1 aromatic carbocycles. The van der Waals surface area contributed by atoms with E-state index in [0.29, 0.717) is 5.56 Å². The molecule has 1 aliphatic heterocycles. The second-order valence-corrected chi connectivity index (χ2v) is 3.65. The number of hydrogen-bond acceptors (Lipinski definition) is 3. The number of ether oxygens (including phenoxy) is 2. The largest absolute Gasteiger partial charge is 0.480 e. The smallest absolute Gasteiger partial charge is 0.329 e. The predicted octanol–water partition coefficient (Wildman–Crippen LogP) is 1.15. The molecular weight excluding hydrogens is 215 g/mol. The zero-order valence-corrected chi connectivity index (χ0v) is 8.48. The van der Waals surface area contributed by atoms with Crippen LogP contribution in [0.15, 0.2) is 24.3 Å². The first-order valence-electron chi connectivity index (χ1n) is 4.82. The van der Waals surface area contributed by atoms with Gasteiger partial charge in [-0.05, 0) is 6.07 Å². The van der Waals surface area contributed by atoms with Gasteiger partial charge in [0.25, 0.3) is 0 Å². The van der Waals surface area contributed by atoms with Gasteiger partial charge in [-0.3, -0.25) is 0 Å². The summed E-state index contributed by atoms with van der Waals surface area (Å²) in [5.41, 5.74) is -0.591. The van der Waals surface area contributed by atoms with E-state index in [1.54, 1.807) is 18.2 Å². The highest BCUT2D eigenvalue weighted by Crippen LogP contribution is 2.35. The van der Waals surface area contributed by atoms with Crippen LogP contribution in [0.3, 0.4) is 0 Å². The topological polar surface area (TPSA) is 55.8 Å². The maximum Gasteiger partial charge on any atom is 0.329 e. The van der Waals surface area contributed by atoms with E-state index >= 15 is 0 Å². The maximum absolute atomic E-state index is 13.5. The van der Waals surface area contributed by atoms with Crippen LogP contribution in [0, 0.1) is 5.82 Å². The lowest BCUT2D eigenvalue weighted by Crippen LogP contribution is -2.50. The van der Waals surface area contributed by atoms with E-state index in [0.717, 1.165) is 0 Å². The van der Waals surface area contributed by atoms with Crippen molar-refractivity contribution in [1.29, 1.82) is 0 Å². The standard InChI is InChI=1S/C11H11FO4/c12-9-4-2-1-3-8(9)11(6-15-7-11)16-5-10(13)14/h1-4H,5-7H2,(H,13,14). The highest BCUT2D eigenvalue weighted by molar-refractivity contribution is 5.68. The number of benzene rings is 1. The molecule has 0 aliphatic carbocycles. The van der Waals surface area contributed by atoms with Gasteiger partial charge >= 0.3 is 5.97 Å². The predicted molar refractivity (Wildman–Crippen MR) is 52.5 cm³/mol. The van der Waals surface area contributed by atoms with Crippen LogP contribution in [0.2, 0.25) is 0 Å².